The normalized spacial score (nSPS) is 16.8. The number of hydrogen-bond donors (Lipinski definition) is 2. The number of carbonyl (C=O) groups excluding carboxylic acids is 3. The molecule has 1 saturated heterocycles. The lowest BCUT2D eigenvalue weighted by molar-refractivity contribution is -0.140. The first-order chi connectivity index (χ1) is 18.2. The predicted molar refractivity (Wildman–Crippen MR) is 143 cm³/mol. The van der Waals surface area contributed by atoms with Crippen molar-refractivity contribution < 1.29 is 33.7 Å². The number of aromatic nitrogens is 1. The van der Waals surface area contributed by atoms with Crippen LogP contribution in [0, 0.1) is 13.8 Å². The van der Waals surface area contributed by atoms with Crippen LogP contribution < -0.4 is 9.47 Å². The quantitative estimate of drug-likeness (QED) is 0.197. The second kappa shape index (κ2) is 12.2. The highest BCUT2D eigenvalue weighted by atomic mass is 16.5. The molecule has 38 heavy (non-hydrogen) atoms. The Morgan fingerprint density at radius 3 is 2.37 bits per heavy atom. The number of benzene rings is 1. The molecule has 1 amide bonds. The molecule has 206 valence electrons. The van der Waals surface area contributed by atoms with Crippen LogP contribution in [0.5, 0.6) is 11.5 Å². The summed E-state index contributed by atoms with van der Waals surface area (Å²) in [5.41, 5.74) is 1.75. The van der Waals surface area contributed by atoms with Crippen LogP contribution in [0.15, 0.2) is 23.8 Å². The predicted octanol–water partition coefficient (Wildman–Crippen LogP) is 3.59. The summed E-state index contributed by atoms with van der Waals surface area (Å²) in [6, 6.07) is 4.29. The Bertz CT molecular complexity index is 1240. The minimum Gasteiger partial charge on any atom is -0.507 e. The Hall–Kier alpha value is -3.79. The molecule has 2 heterocycles. The number of Topliss-reactive ketones (excluding diaryl/α,β-unsaturated/α-hetero) is 1. The molecule has 1 atom stereocenters. The van der Waals surface area contributed by atoms with Gasteiger partial charge in [0, 0.05) is 23.4 Å². The highest BCUT2D eigenvalue weighted by Crippen LogP contribution is 2.46. The molecule has 0 radical (unpaired) electrons. The third kappa shape index (κ3) is 5.13. The van der Waals surface area contributed by atoms with E-state index in [2.05, 4.69) is 23.7 Å². The fourth-order valence-electron chi connectivity index (χ4n) is 5.11. The van der Waals surface area contributed by atoms with Crippen molar-refractivity contribution in [1.29, 1.82) is 0 Å². The number of methoxy groups -OCH3 is 3. The number of aromatic amines is 1. The van der Waals surface area contributed by atoms with Crippen molar-refractivity contribution >= 4 is 23.4 Å². The molecule has 0 saturated carbocycles. The minimum absolute atomic E-state index is 0.0778. The standard InChI is InChI=1S/C28H37N3O7/c1-8-30(9-2)14-11-15-31-23(18-12-10-13-19(36-5)26(18)37-6)21(25(33)27(31)34)24(32)20-16(3)22(28(35)38-7)29-17(20)4/h10,12-13,23,29,32H,8-9,11,14-15H2,1-7H3/t23-/m1/s1. The van der Waals surface area contributed by atoms with E-state index < -0.39 is 23.7 Å². The average Bonchev–Trinajstić information content (AvgIpc) is 3.36. The minimum atomic E-state index is -0.924. The number of ketones is 1. The lowest BCUT2D eigenvalue weighted by Gasteiger charge is -2.28. The number of rotatable bonds is 11. The topological polar surface area (TPSA) is 121 Å². The Balaban J connectivity index is 2.22. The van der Waals surface area contributed by atoms with E-state index in [9.17, 15) is 19.5 Å². The first kappa shape index (κ1) is 28.8. The summed E-state index contributed by atoms with van der Waals surface area (Å²) in [5.74, 6) is -1.70. The van der Waals surface area contributed by atoms with Gasteiger partial charge in [0.2, 0.25) is 0 Å². The van der Waals surface area contributed by atoms with Gasteiger partial charge in [0.25, 0.3) is 11.7 Å². The first-order valence-electron chi connectivity index (χ1n) is 12.7. The maximum Gasteiger partial charge on any atom is 0.354 e. The summed E-state index contributed by atoms with van der Waals surface area (Å²) >= 11 is 0. The largest absolute Gasteiger partial charge is 0.507 e. The summed E-state index contributed by atoms with van der Waals surface area (Å²) < 4.78 is 16.0. The lowest BCUT2D eigenvalue weighted by atomic mass is 9.93. The van der Waals surface area contributed by atoms with E-state index >= 15 is 0 Å². The Morgan fingerprint density at radius 2 is 1.79 bits per heavy atom. The van der Waals surface area contributed by atoms with Gasteiger partial charge >= 0.3 is 5.97 Å². The van der Waals surface area contributed by atoms with Gasteiger partial charge in [0.05, 0.1) is 32.9 Å². The maximum atomic E-state index is 13.5. The number of H-pyrrole nitrogens is 1. The number of aliphatic hydroxyl groups excluding tert-OH is 1. The van der Waals surface area contributed by atoms with E-state index in [0.29, 0.717) is 41.3 Å². The number of carbonyl (C=O) groups is 3. The van der Waals surface area contributed by atoms with Crippen molar-refractivity contribution in [3.05, 3.63) is 51.9 Å². The van der Waals surface area contributed by atoms with Crippen LogP contribution in [0.4, 0.5) is 0 Å². The third-order valence-corrected chi connectivity index (χ3v) is 7.10. The van der Waals surface area contributed by atoms with Gasteiger partial charge in [-0.05, 0) is 51.5 Å². The number of nitrogens with zero attached hydrogens (tertiary/aromatic N) is 2. The fourth-order valence-corrected chi connectivity index (χ4v) is 5.11. The molecule has 0 spiro atoms. The second-order valence-electron chi connectivity index (χ2n) is 9.07. The van der Waals surface area contributed by atoms with Crippen LogP contribution >= 0.6 is 0 Å². The van der Waals surface area contributed by atoms with Crippen molar-refractivity contribution in [1.82, 2.24) is 14.8 Å². The van der Waals surface area contributed by atoms with Gasteiger partial charge in [-0.3, -0.25) is 9.59 Å². The highest BCUT2D eigenvalue weighted by Gasteiger charge is 2.47. The summed E-state index contributed by atoms with van der Waals surface area (Å²) in [6.07, 6.45) is 0.631. The molecular weight excluding hydrogens is 490 g/mol. The smallest absolute Gasteiger partial charge is 0.354 e. The third-order valence-electron chi connectivity index (χ3n) is 7.10. The van der Waals surface area contributed by atoms with Crippen molar-refractivity contribution in [2.75, 3.05) is 47.5 Å². The van der Waals surface area contributed by atoms with Gasteiger partial charge in [-0.2, -0.15) is 0 Å². The van der Waals surface area contributed by atoms with Crippen LogP contribution in [-0.4, -0.2) is 85.1 Å². The zero-order valence-corrected chi connectivity index (χ0v) is 23.1. The number of esters is 1. The van der Waals surface area contributed by atoms with Crippen molar-refractivity contribution in [3.8, 4) is 11.5 Å². The molecule has 3 rings (SSSR count). The molecule has 0 bridgehead atoms. The van der Waals surface area contributed by atoms with Crippen LogP contribution in [0.2, 0.25) is 0 Å². The van der Waals surface area contributed by atoms with Gasteiger partial charge in [0.1, 0.15) is 11.5 Å². The zero-order chi connectivity index (χ0) is 28.1. The summed E-state index contributed by atoms with van der Waals surface area (Å²) in [7, 11) is 4.25. The van der Waals surface area contributed by atoms with Gasteiger partial charge in [0.15, 0.2) is 11.5 Å². The number of ether oxygens (including phenoxy) is 3. The molecule has 10 heteroatoms. The summed E-state index contributed by atoms with van der Waals surface area (Å²) in [4.78, 5) is 45.8. The van der Waals surface area contributed by atoms with E-state index in [0.717, 1.165) is 19.6 Å². The van der Waals surface area contributed by atoms with Gasteiger partial charge in [-0.15, -0.1) is 0 Å². The summed E-state index contributed by atoms with van der Waals surface area (Å²) in [5, 5.41) is 11.6. The number of likely N-dealkylation sites (tertiary alicyclic amines) is 1. The Labute approximate surface area is 223 Å². The Kier molecular flexibility index (Phi) is 9.22. The number of aliphatic hydroxyl groups is 1. The highest BCUT2D eigenvalue weighted by molar-refractivity contribution is 6.46. The molecule has 0 aliphatic carbocycles. The molecule has 1 aliphatic rings. The molecule has 1 fully saturated rings. The molecular formula is C28H37N3O7. The van der Waals surface area contributed by atoms with Gasteiger partial charge in [-0.25, -0.2) is 4.79 Å². The fraction of sp³-hybridized carbons (Fsp3) is 0.464. The molecule has 1 aromatic heterocycles. The number of hydrogen-bond acceptors (Lipinski definition) is 8. The van der Waals surface area contributed by atoms with Crippen molar-refractivity contribution in [2.24, 2.45) is 0 Å². The number of para-hydroxylation sites is 1. The zero-order valence-electron chi connectivity index (χ0n) is 23.1. The number of amides is 1. The van der Waals surface area contributed by atoms with Crippen molar-refractivity contribution in [2.45, 2.75) is 40.2 Å². The van der Waals surface area contributed by atoms with Crippen LogP contribution in [0.3, 0.4) is 0 Å². The van der Waals surface area contributed by atoms with Gasteiger partial charge < -0.3 is 34.1 Å². The Morgan fingerprint density at radius 1 is 1.11 bits per heavy atom. The van der Waals surface area contributed by atoms with E-state index in [-0.39, 0.29) is 22.6 Å². The molecule has 2 aromatic rings. The molecule has 1 aliphatic heterocycles. The first-order valence-corrected chi connectivity index (χ1v) is 12.7. The van der Waals surface area contributed by atoms with Crippen LogP contribution in [0.25, 0.3) is 5.76 Å². The second-order valence-corrected chi connectivity index (χ2v) is 9.07. The van der Waals surface area contributed by atoms with E-state index in [1.807, 2.05) is 0 Å². The van der Waals surface area contributed by atoms with Crippen LogP contribution in [0.1, 0.15) is 59.2 Å². The monoisotopic (exact) mass is 527 g/mol. The van der Waals surface area contributed by atoms with E-state index in [4.69, 9.17) is 14.2 Å². The summed E-state index contributed by atoms with van der Waals surface area (Å²) in [6.45, 7) is 10.2. The van der Waals surface area contributed by atoms with Crippen LogP contribution in [-0.2, 0) is 14.3 Å². The molecule has 10 nitrogen and oxygen atoms in total. The SMILES string of the molecule is CCN(CC)CCCN1C(=O)C(=O)C(=C(O)c2c(C)[nH]c(C(=O)OC)c2C)[C@H]1c1cccc(OC)c1OC. The average molecular weight is 528 g/mol. The molecule has 1 aromatic carbocycles. The molecule has 0 unspecified atom stereocenters. The van der Waals surface area contributed by atoms with Crippen molar-refractivity contribution in [3.63, 3.8) is 0 Å². The van der Waals surface area contributed by atoms with E-state index in [1.165, 1.54) is 26.2 Å². The number of nitrogens with one attached hydrogen (secondary N) is 1. The number of aryl methyl sites for hydroxylation is 1. The van der Waals surface area contributed by atoms with E-state index in [1.54, 1.807) is 32.0 Å². The molecule has 2 N–H and O–H groups in total. The maximum absolute atomic E-state index is 13.5. The lowest BCUT2D eigenvalue weighted by Crippen LogP contribution is -2.33. The van der Waals surface area contributed by atoms with Gasteiger partial charge in [-0.1, -0.05) is 26.0 Å².